The molecular formula is C14H16ClF. The lowest BCUT2D eigenvalue weighted by atomic mass is 9.99. The van der Waals surface area contributed by atoms with Crippen LogP contribution in [0.15, 0.2) is 24.3 Å². The molecule has 0 bridgehead atoms. The zero-order chi connectivity index (χ0) is 11.5. The van der Waals surface area contributed by atoms with E-state index in [4.69, 9.17) is 11.6 Å². The molecule has 0 saturated heterocycles. The van der Waals surface area contributed by atoms with Gasteiger partial charge in [0, 0.05) is 0 Å². The standard InChI is InChI=1S/C14H16ClF/c1-10-6-12(9-14(16)7-10)11-4-2-3-5-13(15)8-11/h6-9,13H,2-5H2,1H3. The number of halogens is 2. The van der Waals surface area contributed by atoms with Gasteiger partial charge in [0.2, 0.25) is 0 Å². The molecule has 0 fully saturated rings. The molecule has 1 aliphatic carbocycles. The maximum atomic E-state index is 13.3. The van der Waals surface area contributed by atoms with Crippen LogP contribution >= 0.6 is 11.6 Å². The summed E-state index contributed by atoms with van der Waals surface area (Å²) in [6.07, 6.45) is 6.42. The van der Waals surface area contributed by atoms with Gasteiger partial charge in [0.25, 0.3) is 0 Å². The molecule has 1 aromatic rings. The van der Waals surface area contributed by atoms with Gasteiger partial charge >= 0.3 is 0 Å². The quantitative estimate of drug-likeness (QED) is 0.622. The third-order valence-corrected chi connectivity index (χ3v) is 3.32. The first-order chi connectivity index (χ1) is 7.65. The molecule has 0 radical (unpaired) electrons. The van der Waals surface area contributed by atoms with Crippen LogP contribution in [0.2, 0.25) is 0 Å². The Kier molecular flexibility index (Phi) is 3.65. The van der Waals surface area contributed by atoms with E-state index in [9.17, 15) is 4.39 Å². The molecule has 0 aliphatic heterocycles. The number of benzene rings is 1. The fourth-order valence-corrected chi connectivity index (χ4v) is 2.51. The smallest absolute Gasteiger partial charge is 0.124 e. The zero-order valence-electron chi connectivity index (χ0n) is 9.47. The summed E-state index contributed by atoms with van der Waals surface area (Å²) in [6, 6.07) is 5.19. The van der Waals surface area contributed by atoms with Gasteiger partial charge in [-0.3, -0.25) is 0 Å². The normalized spacial score (nSPS) is 21.4. The van der Waals surface area contributed by atoms with Crippen molar-refractivity contribution in [3.8, 4) is 0 Å². The molecule has 0 spiro atoms. The van der Waals surface area contributed by atoms with Crippen molar-refractivity contribution in [1.29, 1.82) is 0 Å². The molecule has 16 heavy (non-hydrogen) atoms. The van der Waals surface area contributed by atoms with Gasteiger partial charge in [-0.25, -0.2) is 4.39 Å². The SMILES string of the molecule is Cc1cc(F)cc(C2=CC(Cl)CCCC2)c1. The lowest BCUT2D eigenvalue weighted by Crippen LogP contribution is -1.92. The maximum Gasteiger partial charge on any atom is 0.124 e. The average molecular weight is 239 g/mol. The summed E-state index contributed by atoms with van der Waals surface area (Å²) in [5, 5.41) is 0.0982. The number of hydrogen-bond acceptors (Lipinski definition) is 0. The molecule has 0 N–H and O–H groups in total. The predicted molar refractivity (Wildman–Crippen MR) is 67.2 cm³/mol. The third kappa shape index (κ3) is 2.85. The van der Waals surface area contributed by atoms with E-state index in [1.54, 1.807) is 12.1 Å². The van der Waals surface area contributed by atoms with Crippen molar-refractivity contribution in [1.82, 2.24) is 0 Å². The molecule has 1 aliphatic rings. The second-order valence-electron chi connectivity index (χ2n) is 4.47. The molecule has 1 atom stereocenters. The highest BCUT2D eigenvalue weighted by molar-refractivity contribution is 6.22. The summed E-state index contributed by atoms with van der Waals surface area (Å²) in [7, 11) is 0. The Morgan fingerprint density at radius 3 is 2.81 bits per heavy atom. The highest BCUT2D eigenvalue weighted by atomic mass is 35.5. The van der Waals surface area contributed by atoms with Gasteiger partial charge in [-0.2, -0.15) is 0 Å². The Labute approximate surface area is 101 Å². The van der Waals surface area contributed by atoms with Crippen molar-refractivity contribution >= 4 is 17.2 Å². The lowest BCUT2D eigenvalue weighted by molar-refractivity contribution is 0.626. The molecule has 0 aromatic heterocycles. The van der Waals surface area contributed by atoms with E-state index < -0.39 is 0 Å². The number of hydrogen-bond donors (Lipinski definition) is 0. The van der Waals surface area contributed by atoms with Crippen molar-refractivity contribution in [2.24, 2.45) is 0 Å². The maximum absolute atomic E-state index is 13.3. The third-order valence-electron chi connectivity index (χ3n) is 2.97. The van der Waals surface area contributed by atoms with Crippen molar-refractivity contribution in [2.45, 2.75) is 38.0 Å². The van der Waals surface area contributed by atoms with Gasteiger partial charge in [-0.1, -0.05) is 18.6 Å². The minimum absolute atomic E-state index is 0.0982. The van der Waals surface area contributed by atoms with Crippen molar-refractivity contribution in [2.75, 3.05) is 0 Å². The molecule has 1 aromatic carbocycles. The van der Waals surface area contributed by atoms with Crippen LogP contribution in [0.4, 0.5) is 4.39 Å². The van der Waals surface area contributed by atoms with E-state index in [-0.39, 0.29) is 11.2 Å². The number of allylic oxidation sites excluding steroid dienone is 2. The number of aryl methyl sites for hydroxylation is 1. The van der Waals surface area contributed by atoms with Crippen LogP contribution in [0.5, 0.6) is 0 Å². The van der Waals surface area contributed by atoms with Crippen LogP contribution in [-0.2, 0) is 0 Å². The van der Waals surface area contributed by atoms with Gasteiger partial charge in [0.15, 0.2) is 0 Å². The number of rotatable bonds is 1. The molecule has 1 unspecified atom stereocenters. The molecule has 0 heterocycles. The molecular weight excluding hydrogens is 223 g/mol. The van der Waals surface area contributed by atoms with Gasteiger partial charge in [-0.05, 0) is 55.0 Å². The van der Waals surface area contributed by atoms with E-state index in [0.29, 0.717) is 0 Å². The fourth-order valence-electron chi connectivity index (χ4n) is 2.20. The van der Waals surface area contributed by atoms with Crippen LogP contribution in [0.3, 0.4) is 0 Å². The number of alkyl halides is 1. The first-order valence-corrected chi connectivity index (χ1v) is 6.21. The Bertz CT molecular complexity index is 389. The molecule has 2 heteroatoms. The second-order valence-corrected chi connectivity index (χ2v) is 5.03. The summed E-state index contributed by atoms with van der Waals surface area (Å²) < 4.78 is 13.3. The summed E-state index contributed by atoms with van der Waals surface area (Å²) in [6.45, 7) is 1.92. The van der Waals surface area contributed by atoms with E-state index in [2.05, 4.69) is 6.08 Å². The van der Waals surface area contributed by atoms with Gasteiger partial charge in [0.05, 0.1) is 5.38 Å². The van der Waals surface area contributed by atoms with Crippen LogP contribution in [0.25, 0.3) is 5.57 Å². The molecule has 0 nitrogen and oxygen atoms in total. The van der Waals surface area contributed by atoms with Crippen LogP contribution in [0, 0.1) is 12.7 Å². The average Bonchev–Trinajstić information content (AvgIpc) is 2.41. The Morgan fingerprint density at radius 2 is 2.06 bits per heavy atom. The summed E-state index contributed by atoms with van der Waals surface area (Å²) in [5.41, 5.74) is 3.15. The largest absolute Gasteiger partial charge is 0.207 e. The van der Waals surface area contributed by atoms with E-state index in [1.807, 2.05) is 13.0 Å². The minimum atomic E-state index is -0.161. The zero-order valence-corrected chi connectivity index (χ0v) is 10.2. The topological polar surface area (TPSA) is 0 Å². The molecule has 86 valence electrons. The van der Waals surface area contributed by atoms with E-state index >= 15 is 0 Å². The summed E-state index contributed by atoms with van der Waals surface area (Å²) in [5.74, 6) is -0.161. The highest BCUT2D eigenvalue weighted by Gasteiger charge is 2.11. The predicted octanol–water partition coefficient (Wildman–Crippen LogP) is 4.70. The van der Waals surface area contributed by atoms with Crippen molar-refractivity contribution in [3.63, 3.8) is 0 Å². The van der Waals surface area contributed by atoms with Gasteiger partial charge < -0.3 is 0 Å². The first-order valence-electron chi connectivity index (χ1n) is 5.77. The monoisotopic (exact) mass is 238 g/mol. The molecule has 0 saturated carbocycles. The van der Waals surface area contributed by atoms with E-state index in [1.165, 1.54) is 5.57 Å². The highest BCUT2D eigenvalue weighted by Crippen LogP contribution is 2.29. The van der Waals surface area contributed by atoms with Crippen LogP contribution < -0.4 is 0 Å². The Hall–Kier alpha value is -0.820. The van der Waals surface area contributed by atoms with Crippen molar-refractivity contribution < 1.29 is 4.39 Å². The second kappa shape index (κ2) is 5.01. The van der Waals surface area contributed by atoms with Crippen LogP contribution in [0.1, 0.15) is 36.8 Å². The Balaban J connectivity index is 2.34. The van der Waals surface area contributed by atoms with Crippen LogP contribution in [-0.4, -0.2) is 5.38 Å². The van der Waals surface area contributed by atoms with Crippen molar-refractivity contribution in [3.05, 3.63) is 41.2 Å². The molecule has 2 rings (SSSR count). The van der Waals surface area contributed by atoms with Gasteiger partial charge in [0.1, 0.15) is 5.82 Å². The summed E-state index contributed by atoms with van der Waals surface area (Å²) in [4.78, 5) is 0. The Morgan fingerprint density at radius 1 is 1.25 bits per heavy atom. The summed E-state index contributed by atoms with van der Waals surface area (Å²) >= 11 is 6.18. The first kappa shape index (κ1) is 11.7. The van der Waals surface area contributed by atoms with E-state index in [0.717, 1.165) is 36.8 Å². The lowest BCUT2D eigenvalue weighted by Gasteiger charge is -2.08. The minimum Gasteiger partial charge on any atom is -0.207 e. The van der Waals surface area contributed by atoms with Gasteiger partial charge in [-0.15, -0.1) is 11.6 Å². The fraction of sp³-hybridized carbons (Fsp3) is 0.429. The molecule has 0 amide bonds.